The van der Waals surface area contributed by atoms with Crippen molar-refractivity contribution < 1.29 is 4.74 Å². The molecule has 31 heavy (non-hydrogen) atoms. The van der Waals surface area contributed by atoms with Crippen LogP contribution in [0.15, 0.2) is 59.4 Å². The Bertz CT molecular complexity index is 1340. The molecule has 0 radical (unpaired) electrons. The Morgan fingerprint density at radius 1 is 1.13 bits per heavy atom. The van der Waals surface area contributed by atoms with Gasteiger partial charge in [-0.1, -0.05) is 35.9 Å². The second-order valence-electron chi connectivity index (χ2n) is 7.33. The largest absolute Gasteiger partial charge is 0.481 e. The highest BCUT2D eigenvalue weighted by Gasteiger charge is 2.42. The van der Waals surface area contributed by atoms with Crippen LogP contribution in [-0.2, 0) is 0 Å². The van der Waals surface area contributed by atoms with Gasteiger partial charge in [-0.25, -0.2) is 4.98 Å². The van der Waals surface area contributed by atoms with E-state index in [1.54, 1.807) is 22.8 Å². The molecule has 2 aromatic heterocycles. The Balaban J connectivity index is 1.58. The minimum Gasteiger partial charge on any atom is -0.481 e. The zero-order chi connectivity index (χ0) is 21.5. The molecule has 3 N–H and O–H groups in total. The summed E-state index contributed by atoms with van der Waals surface area (Å²) in [6.07, 6.45) is 0.789. The third kappa shape index (κ3) is 3.55. The Kier molecular flexibility index (Phi) is 4.71. The number of nitrogens with two attached hydrogens (primary N) is 1. The Hall–Kier alpha value is -3.65. The van der Waals surface area contributed by atoms with Crippen molar-refractivity contribution in [3.05, 3.63) is 75.8 Å². The summed E-state index contributed by atoms with van der Waals surface area (Å²) >= 11 is 6.35. The number of nitrogens with one attached hydrogen (secondary N) is 1. The molecule has 2 atom stereocenters. The maximum atomic E-state index is 13.5. The lowest BCUT2D eigenvalue weighted by Gasteiger charge is -2.14. The molecule has 2 heterocycles. The van der Waals surface area contributed by atoms with Crippen LogP contribution in [0.1, 0.15) is 18.2 Å². The molecule has 8 nitrogen and oxygen atoms in total. The molecule has 1 aliphatic rings. The maximum absolute atomic E-state index is 13.5. The quantitative estimate of drug-likeness (QED) is 0.495. The first kappa shape index (κ1) is 19.3. The molecule has 0 aliphatic heterocycles. The van der Waals surface area contributed by atoms with E-state index in [4.69, 9.17) is 27.1 Å². The van der Waals surface area contributed by atoms with Crippen molar-refractivity contribution in [3.63, 3.8) is 0 Å². The van der Waals surface area contributed by atoms with Gasteiger partial charge in [0.05, 0.1) is 28.7 Å². The van der Waals surface area contributed by atoms with Crippen LogP contribution in [0.4, 0.5) is 11.8 Å². The van der Waals surface area contributed by atoms with Gasteiger partial charge < -0.3 is 15.8 Å². The standard InChI is InChI=1S/C22H19ClN6O2/c1-31-18-11-17(27-22(24)28-18)25-16-10-13(16)20-26-15-9-5-8-14(23)19(15)21(30)29(20)12-6-3-2-4-7-12/h2-9,11,13,16H,10H2,1H3,(H3,24,25,27,28). The highest BCUT2D eigenvalue weighted by atomic mass is 35.5. The number of benzene rings is 2. The molecule has 0 spiro atoms. The number of ether oxygens (including phenoxy) is 1. The SMILES string of the molecule is COc1cc(NC2CC2c2nc3cccc(Cl)c3c(=O)n2-c2ccccc2)nc(N)n1. The van der Waals surface area contributed by atoms with E-state index < -0.39 is 0 Å². The van der Waals surface area contributed by atoms with E-state index in [0.29, 0.717) is 33.4 Å². The minimum atomic E-state index is -0.185. The second-order valence-corrected chi connectivity index (χ2v) is 7.73. The molecule has 2 unspecified atom stereocenters. The number of methoxy groups -OCH3 is 1. The number of hydrogen-bond donors (Lipinski definition) is 2. The molecule has 0 bridgehead atoms. The molecular weight excluding hydrogens is 416 g/mol. The fraction of sp³-hybridized carbons (Fsp3) is 0.182. The molecule has 1 aliphatic carbocycles. The number of aromatic nitrogens is 4. The molecule has 9 heteroatoms. The Labute approximate surface area is 182 Å². The van der Waals surface area contributed by atoms with Gasteiger partial charge in [0.1, 0.15) is 11.6 Å². The third-order valence-electron chi connectivity index (χ3n) is 5.27. The van der Waals surface area contributed by atoms with Crippen LogP contribution in [0.25, 0.3) is 16.6 Å². The normalized spacial score (nSPS) is 17.5. The first-order valence-corrected chi connectivity index (χ1v) is 10.1. The molecule has 1 fully saturated rings. The number of nitrogen functional groups attached to an aromatic ring is 1. The lowest BCUT2D eigenvalue weighted by molar-refractivity contribution is 0.398. The number of para-hydroxylation sites is 1. The number of fused-ring (bicyclic) bond motifs is 1. The molecule has 0 saturated heterocycles. The van der Waals surface area contributed by atoms with Crippen LogP contribution in [0.5, 0.6) is 5.88 Å². The third-order valence-corrected chi connectivity index (χ3v) is 5.59. The summed E-state index contributed by atoms with van der Waals surface area (Å²) in [5.41, 5.74) is 6.90. The van der Waals surface area contributed by atoms with E-state index in [0.717, 1.165) is 12.1 Å². The summed E-state index contributed by atoms with van der Waals surface area (Å²) < 4.78 is 6.81. The van der Waals surface area contributed by atoms with E-state index in [9.17, 15) is 4.79 Å². The topological polar surface area (TPSA) is 108 Å². The molecule has 5 rings (SSSR count). The predicted octanol–water partition coefficient (Wildman–Crippen LogP) is 3.39. The number of halogens is 1. The minimum absolute atomic E-state index is 0.0125. The van der Waals surface area contributed by atoms with Crippen LogP contribution >= 0.6 is 11.6 Å². The van der Waals surface area contributed by atoms with Crippen molar-refractivity contribution in [1.29, 1.82) is 0 Å². The van der Waals surface area contributed by atoms with Crippen molar-refractivity contribution in [2.75, 3.05) is 18.2 Å². The number of anilines is 2. The predicted molar refractivity (Wildman–Crippen MR) is 120 cm³/mol. The van der Waals surface area contributed by atoms with Gasteiger partial charge in [-0.3, -0.25) is 9.36 Å². The van der Waals surface area contributed by atoms with Crippen LogP contribution in [0.3, 0.4) is 0 Å². The van der Waals surface area contributed by atoms with E-state index in [1.807, 2.05) is 36.4 Å². The highest BCUT2D eigenvalue weighted by Crippen LogP contribution is 2.42. The molecule has 0 amide bonds. The molecular formula is C22H19ClN6O2. The number of rotatable bonds is 5. The summed E-state index contributed by atoms with van der Waals surface area (Å²) in [7, 11) is 1.52. The van der Waals surface area contributed by atoms with Crippen LogP contribution in [0, 0.1) is 0 Å². The van der Waals surface area contributed by atoms with E-state index in [-0.39, 0.29) is 23.5 Å². The van der Waals surface area contributed by atoms with Gasteiger partial charge in [0.25, 0.3) is 5.56 Å². The van der Waals surface area contributed by atoms with E-state index in [2.05, 4.69) is 15.3 Å². The van der Waals surface area contributed by atoms with Crippen molar-refractivity contribution in [1.82, 2.24) is 19.5 Å². The first-order chi connectivity index (χ1) is 15.0. The summed E-state index contributed by atoms with van der Waals surface area (Å²) in [6.45, 7) is 0. The summed E-state index contributed by atoms with van der Waals surface area (Å²) in [5, 5.41) is 4.15. The van der Waals surface area contributed by atoms with Crippen molar-refractivity contribution >= 4 is 34.3 Å². The monoisotopic (exact) mass is 434 g/mol. The number of nitrogens with zero attached hydrogens (tertiary/aromatic N) is 4. The molecule has 4 aromatic rings. The molecule has 156 valence electrons. The average molecular weight is 435 g/mol. The summed E-state index contributed by atoms with van der Waals surface area (Å²) in [5.74, 6) is 1.76. The van der Waals surface area contributed by atoms with Crippen molar-refractivity contribution in [2.45, 2.75) is 18.4 Å². The highest BCUT2D eigenvalue weighted by molar-refractivity contribution is 6.35. The summed E-state index contributed by atoms with van der Waals surface area (Å²) in [4.78, 5) is 26.5. The van der Waals surface area contributed by atoms with Crippen molar-refractivity contribution in [2.24, 2.45) is 0 Å². The summed E-state index contributed by atoms with van der Waals surface area (Å²) in [6, 6.07) is 16.5. The van der Waals surface area contributed by atoms with Gasteiger partial charge >= 0.3 is 0 Å². The Morgan fingerprint density at radius 3 is 2.71 bits per heavy atom. The van der Waals surface area contributed by atoms with Crippen LogP contribution in [0.2, 0.25) is 5.02 Å². The van der Waals surface area contributed by atoms with Gasteiger partial charge in [-0.2, -0.15) is 9.97 Å². The fourth-order valence-electron chi connectivity index (χ4n) is 3.73. The van der Waals surface area contributed by atoms with E-state index >= 15 is 0 Å². The van der Waals surface area contributed by atoms with Gasteiger partial charge in [0.2, 0.25) is 11.8 Å². The fourth-order valence-corrected chi connectivity index (χ4v) is 3.98. The molecule has 2 aromatic carbocycles. The van der Waals surface area contributed by atoms with Gasteiger partial charge in [-0.05, 0) is 30.7 Å². The van der Waals surface area contributed by atoms with Crippen LogP contribution in [-0.4, -0.2) is 32.7 Å². The number of hydrogen-bond acceptors (Lipinski definition) is 7. The average Bonchev–Trinajstić information content (AvgIpc) is 3.52. The molecule has 1 saturated carbocycles. The first-order valence-electron chi connectivity index (χ1n) is 9.77. The van der Waals surface area contributed by atoms with E-state index in [1.165, 1.54) is 7.11 Å². The second kappa shape index (κ2) is 7.55. The van der Waals surface area contributed by atoms with Crippen LogP contribution < -0.4 is 21.3 Å². The van der Waals surface area contributed by atoms with Gasteiger partial charge in [0.15, 0.2) is 0 Å². The van der Waals surface area contributed by atoms with Crippen molar-refractivity contribution in [3.8, 4) is 11.6 Å². The van der Waals surface area contributed by atoms with Gasteiger partial charge in [0, 0.05) is 18.0 Å². The van der Waals surface area contributed by atoms with Gasteiger partial charge in [-0.15, -0.1) is 0 Å². The lowest BCUT2D eigenvalue weighted by Crippen LogP contribution is -2.24. The zero-order valence-electron chi connectivity index (χ0n) is 16.6. The zero-order valence-corrected chi connectivity index (χ0v) is 17.4. The smallest absolute Gasteiger partial charge is 0.267 e. The lowest BCUT2D eigenvalue weighted by atomic mass is 10.2. The Morgan fingerprint density at radius 2 is 1.94 bits per heavy atom. The maximum Gasteiger partial charge on any atom is 0.267 e.